The van der Waals surface area contributed by atoms with E-state index in [1.165, 1.54) is 4.88 Å². The SMILES string of the molecule is CO[C@@H]1C[C@H](c2nc(C)no2)N(Cc2cncs2)C1. The molecule has 0 unspecified atom stereocenters. The van der Waals surface area contributed by atoms with E-state index in [9.17, 15) is 0 Å². The number of hydrogen-bond donors (Lipinski definition) is 0. The molecule has 2 aromatic rings. The largest absolute Gasteiger partial charge is 0.380 e. The smallest absolute Gasteiger partial charge is 0.244 e. The Kier molecular flexibility index (Phi) is 3.58. The second-order valence-corrected chi connectivity index (χ2v) is 5.66. The number of aromatic nitrogens is 3. The molecule has 0 spiro atoms. The fourth-order valence-electron chi connectivity index (χ4n) is 2.43. The first-order valence-corrected chi connectivity index (χ1v) is 7.08. The van der Waals surface area contributed by atoms with Gasteiger partial charge in [-0.15, -0.1) is 11.3 Å². The summed E-state index contributed by atoms with van der Waals surface area (Å²) >= 11 is 1.66. The van der Waals surface area contributed by atoms with E-state index in [-0.39, 0.29) is 12.1 Å². The van der Waals surface area contributed by atoms with Crippen LogP contribution in [0.4, 0.5) is 0 Å². The van der Waals surface area contributed by atoms with E-state index in [2.05, 4.69) is 20.0 Å². The number of aryl methyl sites for hydroxylation is 1. The topological polar surface area (TPSA) is 64.3 Å². The molecule has 1 fully saturated rings. The quantitative estimate of drug-likeness (QED) is 0.851. The molecule has 0 N–H and O–H groups in total. The summed E-state index contributed by atoms with van der Waals surface area (Å²) in [6.07, 6.45) is 3.00. The molecule has 2 atom stereocenters. The van der Waals surface area contributed by atoms with Gasteiger partial charge in [0.1, 0.15) is 0 Å². The normalized spacial score (nSPS) is 24.1. The predicted molar refractivity (Wildman–Crippen MR) is 69.7 cm³/mol. The first-order valence-electron chi connectivity index (χ1n) is 6.20. The average Bonchev–Trinajstić information content (AvgIpc) is 3.10. The van der Waals surface area contributed by atoms with Gasteiger partial charge in [-0.05, 0) is 13.3 Å². The molecular weight excluding hydrogens is 264 g/mol. The van der Waals surface area contributed by atoms with E-state index >= 15 is 0 Å². The van der Waals surface area contributed by atoms with Gasteiger partial charge in [0.2, 0.25) is 5.89 Å². The van der Waals surface area contributed by atoms with Gasteiger partial charge < -0.3 is 9.26 Å². The number of ether oxygens (including phenoxy) is 1. The van der Waals surface area contributed by atoms with E-state index in [1.807, 2.05) is 18.6 Å². The highest BCUT2D eigenvalue weighted by molar-refractivity contribution is 7.09. The Morgan fingerprint density at radius 2 is 2.47 bits per heavy atom. The predicted octanol–water partition coefficient (Wildman–Crippen LogP) is 1.80. The molecule has 19 heavy (non-hydrogen) atoms. The van der Waals surface area contributed by atoms with Crippen LogP contribution in [-0.4, -0.2) is 39.8 Å². The van der Waals surface area contributed by atoms with Crippen LogP contribution in [0.1, 0.15) is 29.1 Å². The summed E-state index contributed by atoms with van der Waals surface area (Å²) in [6, 6.07) is 0.133. The standard InChI is InChI=1S/C12H16N4O2S/c1-8-14-12(18-15-8)11-3-9(17-2)5-16(11)6-10-4-13-7-19-10/h4,7,9,11H,3,5-6H2,1-2H3/t9-,11-/m1/s1. The Labute approximate surface area is 115 Å². The second-order valence-electron chi connectivity index (χ2n) is 4.69. The molecule has 3 heterocycles. The summed E-state index contributed by atoms with van der Waals surface area (Å²) in [5.74, 6) is 1.36. The lowest BCUT2D eigenvalue weighted by molar-refractivity contribution is 0.107. The van der Waals surface area contributed by atoms with Crippen LogP contribution in [0.5, 0.6) is 0 Å². The molecule has 3 rings (SSSR count). The van der Waals surface area contributed by atoms with Gasteiger partial charge in [0, 0.05) is 31.3 Å². The van der Waals surface area contributed by atoms with Crippen LogP contribution < -0.4 is 0 Å². The van der Waals surface area contributed by atoms with Crippen LogP contribution in [0.2, 0.25) is 0 Å². The van der Waals surface area contributed by atoms with E-state index < -0.39 is 0 Å². The monoisotopic (exact) mass is 280 g/mol. The molecule has 0 aliphatic carbocycles. The zero-order chi connectivity index (χ0) is 13.2. The molecule has 1 aliphatic heterocycles. The fraction of sp³-hybridized carbons (Fsp3) is 0.583. The number of nitrogens with zero attached hydrogens (tertiary/aromatic N) is 4. The van der Waals surface area contributed by atoms with E-state index in [0.29, 0.717) is 11.7 Å². The van der Waals surface area contributed by atoms with Crippen molar-refractivity contribution in [3.05, 3.63) is 28.3 Å². The first kappa shape index (κ1) is 12.7. The van der Waals surface area contributed by atoms with Gasteiger partial charge in [0.05, 0.1) is 17.7 Å². The molecule has 0 saturated carbocycles. The molecule has 7 heteroatoms. The minimum absolute atomic E-state index is 0.133. The van der Waals surface area contributed by atoms with Gasteiger partial charge in [-0.1, -0.05) is 5.16 Å². The molecule has 0 bridgehead atoms. The van der Waals surface area contributed by atoms with Gasteiger partial charge in [0.15, 0.2) is 5.82 Å². The number of thiazole rings is 1. The van der Waals surface area contributed by atoms with Crippen molar-refractivity contribution >= 4 is 11.3 Å². The van der Waals surface area contributed by atoms with Crippen LogP contribution in [-0.2, 0) is 11.3 Å². The maximum Gasteiger partial charge on any atom is 0.244 e. The summed E-state index contributed by atoms with van der Waals surface area (Å²) in [7, 11) is 1.75. The van der Waals surface area contributed by atoms with Crippen molar-refractivity contribution in [2.24, 2.45) is 0 Å². The summed E-state index contributed by atoms with van der Waals surface area (Å²) in [5, 5.41) is 3.88. The molecule has 1 saturated heterocycles. The van der Waals surface area contributed by atoms with Gasteiger partial charge in [-0.3, -0.25) is 9.88 Å². The van der Waals surface area contributed by atoms with Gasteiger partial charge in [-0.25, -0.2) is 0 Å². The molecule has 0 amide bonds. The number of methoxy groups -OCH3 is 1. The highest BCUT2D eigenvalue weighted by atomic mass is 32.1. The Hall–Kier alpha value is -1.31. The van der Waals surface area contributed by atoms with Crippen LogP contribution in [0.15, 0.2) is 16.2 Å². The highest BCUT2D eigenvalue weighted by Gasteiger charge is 2.36. The summed E-state index contributed by atoms with van der Waals surface area (Å²) in [4.78, 5) is 12.0. The molecule has 2 aromatic heterocycles. The fourth-order valence-corrected chi connectivity index (χ4v) is 3.05. The molecular formula is C12H16N4O2S. The van der Waals surface area contributed by atoms with Gasteiger partial charge >= 0.3 is 0 Å². The number of likely N-dealkylation sites (tertiary alicyclic amines) is 1. The molecule has 0 radical (unpaired) electrons. The van der Waals surface area contributed by atoms with Crippen molar-refractivity contribution in [3.8, 4) is 0 Å². The van der Waals surface area contributed by atoms with E-state index in [1.54, 1.807) is 18.4 Å². The van der Waals surface area contributed by atoms with Crippen molar-refractivity contribution in [2.45, 2.75) is 32.0 Å². The second kappa shape index (κ2) is 5.36. The zero-order valence-electron chi connectivity index (χ0n) is 10.9. The van der Waals surface area contributed by atoms with Gasteiger partial charge in [-0.2, -0.15) is 4.98 Å². The maximum atomic E-state index is 5.48. The van der Waals surface area contributed by atoms with Crippen LogP contribution in [0.25, 0.3) is 0 Å². The molecule has 102 valence electrons. The Balaban J connectivity index is 1.79. The van der Waals surface area contributed by atoms with Crippen molar-refractivity contribution in [2.75, 3.05) is 13.7 Å². The molecule has 1 aliphatic rings. The third-order valence-corrected chi connectivity index (χ3v) is 4.13. The third kappa shape index (κ3) is 2.68. The van der Waals surface area contributed by atoms with Crippen LogP contribution >= 0.6 is 11.3 Å². The minimum Gasteiger partial charge on any atom is -0.380 e. The summed E-state index contributed by atoms with van der Waals surface area (Å²) in [6.45, 7) is 3.56. The van der Waals surface area contributed by atoms with E-state index in [4.69, 9.17) is 9.26 Å². The Bertz CT molecular complexity index is 528. The van der Waals surface area contributed by atoms with Crippen LogP contribution in [0, 0.1) is 6.92 Å². The third-order valence-electron chi connectivity index (χ3n) is 3.37. The van der Waals surface area contributed by atoms with Gasteiger partial charge in [0.25, 0.3) is 0 Å². The Morgan fingerprint density at radius 3 is 3.11 bits per heavy atom. The van der Waals surface area contributed by atoms with E-state index in [0.717, 1.165) is 19.5 Å². The minimum atomic E-state index is 0.133. The number of rotatable bonds is 4. The van der Waals surface area contributed by atoms with Crippen molar-refractivity contribution < 1.29 is 9.26 Å². The lowest BCUT2D eigenvalue weighted by Crippen LogP contribution is -2.24. The summed E-state index contributed by atoms with van der Waals surface area (Å²) in [5.41, 5.74) is 1.85. The lowest BCUT2D eigenvalue weighted by atomic mass is 10.2. The average molecular weight is 280 g/mol. The summed E-state index contributed by atoms with van der Waals surface area (Å²) < 4.78 is 10.8. The first-order chi connectivity index (χ1) is 9.26. The van der Waals surface area contributed by atoms with Crippen molar-refractivity contribution in [1.29, 1.82) is 0 Å². The highest BCUT2D eigenvalue weighted by Crippen LogP contribution is 2.33. The van der Waals surface area contributed by atoms with Crippen LogP contribution in [0.3, 0.4) is 0 Å². The van der Waals surface area contributed by atoms with Crippen molar-refractivity contribution in [1.82, 2.24) is 20.0 Å². The molecule has 6 nitrogen and oxygen atoms in total. The Morgan fingerprint density at radius 1 is 1.58 bits per heavy atom. The molecule has 0 aromatic carbocycles. The zero-order valence-corrected chi connectivity index (χ0v) is 11.8. The number of hydrogen-bond acceptors (Lipinski definition) is 7. The van der Waals surface area contributed by atoms with Crippen molar-refractivity contribution in [3.63, 3.8) is 0 Å². The maximum absolute atomic E-state index is 5.48. The lowest BCUT2D eigenvalue weighted by Gasteiger charge is -2.19.